The predicted molar refractivity (Wildman–Crippen MR) is 87.5 cm³/mol. The molecule has 1 aliphatic carbocycles. The van der Waals surface area contributed by atoms with Gasteiger partial charge >= 0.3 is 0 Å². The average molecular weight is 309 g/mol. The molecule has 0 aromatic heterocycles. The number of nitrogens with one attached hydrogen (secondary N) is 1. The molecular formula is C17H31N3O2. The molecule has 2 amide bonds. The zero-order chi connectivity index (χ0) is 16.3. The van der Waals surface area contributed by atoms with Crippen LogP contribution < -0.4 is 5.32 Å². The lowest BCUT2D eigenvalue weighted by Crippen LogP contribution is -2.74. The summed E-state index contributed by atoms with van der Waals surface area (Å²) in [7, 11) is 0. The molecule has 1 atom stereocenters. The van der Waals surface area contributed by atoms with Crippen molar-refractivity contribution in [3.63, 3.8) is 0 Å². The van der Waals surface area contributed by atoms with Crippen molar-refractivity contribution in [1.29, 1.82) is 0 Å². The second-order valence-corrected chi connectivity index (χ2v) is 6.89. The monoisotopic (exact) mass is 309 g/mol. The van der Waals surface area contributed by atoms with E-state index in [2.05, 4.69) is 24.1 Å². The SMILES string of the molecule is CCN(CC)CCNC(=O)C1N(C(C)C)C(=O)C12CCCC2. The van der Waals surface area contributed by atoms with Crippen LogP contribution in [0.1, 0.15) is 53.4 Å². The van der Waals surface area contributed by atoms with Crippen LogP contribution in [0.25, 0.3) is 0 Å². The van der Waals surface area contributed by atoms with Crippen LogP contribution in [0.15, 0.2) is 0 Å². The van der Waals surface area contributed by atoms with Crippen LogP contribution in [-0.4, -0.2) is 59.9 Å². The van der Waals surface area contributed by atoms with E-state index in [1.54, 1.807) is 4.90 Å². The Hall–Kier alpha value is -1.10. The highest BCUT2D eigenvalue weighted by Crippen LogP contribution is 2.52. The molecule has 1 aliphatic heterocycles. The molecule has 0 radical (unpaired) electrons. The largest absolute Gasteiger partial charge is 0.353 e. The smallest absolute Gasteiger partial charge is 0.243 e. The summed E-state index contributed by atoms with van der Waals surface area (Å²) >= 11 is 0. The average Bonchev–Trinajstić information content (AvgIpc) is 2.99. The first-order valence-corrected chi connectivity index (χ1v) is 8.80. The summed E-state index contributed by atoms with van der Waals surface area (Å²) in [6.07, 6.45) is 3.90. The fourth-order valence-corrected chi connectivity index (χ4v) is 4.07. The molecule has 2 aliphatic rings. The van der Waals surface area contributed by atoms with E-state index in [0.717, 1.165) is 45.3 Å². The Balaban J connectivity index is 1.97. The van der Waals surface area contributed by atoms with Crippen LogP contribution in [0.5, 0.6) is 0 Å². The summed E-state index contributed by atoms with van der Waals surface area (Å²) in [5, 5.41) is 3.07. The van der Waals surface area contributed by atoms with Crippen molar-refractivity contribution in [2.75, 3.05) is 26.2 Å². The van der Waals surface area contributed by atoms with E-state index in [4.69, 9.17) is 0 Å². The number of nitrogens with zero attached hydrogens (tertiary/aromatic N) is 2. The number of hydrogen-bond acceptors (Lipinski definition) is 3. The van der Waals surface area contributed by atoms with E-state index in [9.17, 15) is 9.59 Å². The van der Waals surface area contributed by atoms with Crippen molar-refractivity contribution in [1.82, 2.24) is 15.1 Å². The van der Waals surface area contributed by atoms with E-state index in [1.165, 1.54) is 0 Å². The van der Waals surface area contributed by atoms with Gasteiger partial charge < -0.3 is 15.1 Å². The van der Waals surface area contributed by atoms with Gasteiger partial charge in [-0.1, -0.05) is 26.7 Å². The lowest BCUT2D eigenvalue weighted by atomic mass is 9.68. The Morgan fingerprint density at radius 2 is 1.91 bits per heavy atom. The topological polar surface area (TPSA) is 52.7 Å². The molecule has 2 fully saturated rings. The normalized spacial score (nSPS) is 23.5. The number of β-lactam (4-membered cyclic amide) rings is 1. The van der Waals surface area contributed by atoms with Gasteiger partial charge in [-0.05, 0) is 39.8 Å². The minimum Gasteiger partial charge on any atom is -0.353 e. The molecule has 1 heterocycles. The van der Waals surface area contributed by atoms with Crippen molar-refractivity contribution in [3.8, 4) is 0 Å². The summed E-state index contributed by atoms with van der Waals surface area (Å²) in [5.74, 6) is 0.242. The maximum atomic E-state index is 12.7. The fourth-order valence-electron chi connectivity index (χ4n) is 4.07. The maximum Gasteiger partial charge on any atom is 0.243 e. The highest BCUT2D eigenvalue weighted by atomic mass is 16.2. The van der Waals surface area contributed by atoms with Gasteiger partial charge in [-0.2, -0.15) is 0 Å². The van der Waals surface area contributed by atoms with Gasteiger partial charge in [0.15, 0.2) is 0 Å². The molecule has 22 heavy (non-hydrogen) atoms. The summed E-state index contributed by atoms with van der Waals surface area (Å²) in [6.45, 7) is 11.8. The zero-order valence-electron chi connectivity index (χ0n) is 14.5. The van der Waals surface area contributed by atoms with Gasteiger partial charge in [-0.15, -0.1) is 0 Å². The number of rotatable bonds is 7. The van der Waals surface area contributed by atoms with Gasteiger partial charge in [0.1, 0.15) is 6.04 Å². The van der Waals surface area contributed by atoms with Crippen LogP contribution >= 0.6 is 0 Å². The molecule has 1 saturated carbocycles. The molecule has 0 bridgehead atoms. The van der Waals surface area contributed by atoms with Gasteiger partial charge in [-0.25, -0.2) is 0 Å². The van der Waals surface area contributed by atoms with Gasteiger partial charge in [-0.3, -0.25) is 9.59 Å². The van der Waals surface area contributed by atoms with E-state index >= 15 is 0 Å². The second-order valence-electron chi connectivity index (χ2n) is 6.89. The molecule has 5 nitrogen and oxygen atoms in total. The third-order valence-corrected chi connectivity index (χ3v) is 5.38. The van der Waals surface area contributed by atoms with Crippen molar-refractivity contribution >= 4 is 11.8 Å². The van der Waals surface area contributed by atoms with Gasteiger partial charge in [0, 0.05) is 19.1 Å². The number of hydrogen-bond donors (Lipinski definition) is 1. The third kappa shape index (κ3) is 2.87. The summed E-state index contributed by atoms with van der Waals surface area (Å²) in [4.78, 5) is 29.3. The first kappa shape index (κ1) is 17.3. The molecule has 0 aromatic rings. The van der Waals surface area contributed by atoms with Gasteiger partial charge in [0.25, 0.3) is 0 Å². The molecule has 1 N–H and O–H groups in total. The number of carbonyl (C=O) groups is 2. The molecule has 1 unspecified atom stereocenters. The Morgan fingerprint density at radius 1 is 1.32 bits per heavy atom. The minimum absolute atomic E-state index is 0.0438. The first-order valence-electron chi connectivity index (χ1n) is 8.80. The van der Waals surface area contributed by atoms with Crippen molar-refractivity contribution < 1.29 is 9.59 Å². The molecule has 126 valence electrons. The second kappa shape index (κ2) is 6.99. The van der Waals surface area contributed by atoms with E-state index in [0.29, 0.717) is 6.54 Å². The molecule has 0 aromatic carbocycles. The molecule has 1 saturated heterocycles. The van der Waals surface area contributed by atoms with Crippen molar-refractivity contribution in [3.05, 3.63) is 0 Å². The fraction of sp³-hybridized carbons (Fsp3) is 0.882. The molecule has 5 heteroatoms. The Bertz CT molecular complexity index is 412. The highest BCUT2D eigenvalue weighted by molar-refractivity contribution is 6.02. The maximum absolute atomic E-state index is 12.7. The third-order valence-electron chi connectivity index (χ3n) is 5.38. The first-order chi connectivity index (χ1) is 10.5. The van der Waals surface area contributed by atoms with E-state index in [1.807, 2.05) is 13.8 Å². The zero-order valence-corrected chi connectivity index (χ0v) is 14.5. The molecule has 2 rings (SSSR count). The molecular weight excluding hydrogens is 278 g/mol. The van der Waals surface area contributed by atoms with E-state index < -0.39 is 0 Å². The van der Waals surface area contributed by atoms with Crippen molar-refractivity contribution in [2.45, 2.75) is 65.5 Å². The molecule has 1 spiro atoms. The number of amides is 2. The van der Waals surface area contributed by atoms with Gasteiger partial charge in [0.05, 0.1) is 5.41 Å². The lowest BCUT2D eigenvalue weighted by Gasteiger charge is -2.55. The van der Waals surface area contributed by atoms with Crippen LogP contribution in [0.4, 0.5) is 0 Å². The number of likely N-dealkylation sites (N-methyl/N-ethyl adjacent to an activating group) is 1. The predicted octanol–water partition coefficient (Wildman–Crippen LogP) is 1.62. The summed E-state index contributed by atoms with van der Waals surface area (Å²) < 4.78 is 0. The van der Waals surface area contributed by atoms with Crippen LogP contribution in [0.3, 0.4) is 0 Å². The Kier molecular flexibility index (Phi) is 5.48. The lowest BCUT2D eigenvalue weighted by molar-refractivity contribution is -0.181. The number of carbonyl (C=O) groups excluding carboxylic acids is 2. The summed E-state index contributed by atoms with van der Waals surface area (Å²) in [6, 6.07) is -0.156. The van der Waals surface area contributed by atoms with E-state index in [-0.39, 0.29) is 29.3 Å². The highest BCUT2D eigenvalue weighted by Gasteiger charge is 2.64. The minimum atomic E-state index is -0.385. The Morgan fingerprint density at radius 3 is 2.41 bits per heavy atom. The van der Waals surface area contributed by atoms with Crippen LogP contribution in [0.2, 0.25) is 0 Å². The quantitative estimate of drug-likeness (QED) is 0.727. The van der Waals surface area contributed by atoms with Gasteiger partial charge in [0.2, 0.25) is 11.8 Å². The van der Waals surface area contributed by atoms with Crippen molar-refractivity contribution in [2.24, 2.45) is 5.41 Å². The number of likely N-dealkylation sites (tertiary alicyclic amines) is 1. The van der Waals surface area contributed by atoms with Crippen LogP contribution in [-0.2, 0) is 9.59 Å². The summed E-state index contributed by atoms with van der Waals surface area (Å²) in [5.41, 5.74) is -0.385. The van der Waals surface area contributed by atoms with Crippen LogP contribution in [0, 0.1) is 5.41 Å². The standard InChI is InChI=1S/C17H31N3O2/c1-5-19(6-2)12-11-18-15(21)14-17(9-7-8-10-17)16(22)20(14)13(3)4/h13-14H,5-12H2,1-4H3,(H,18,21). The Labute approximate surface area is 134 Å².